The van der Waals surface area contributed by atoms with E-state index in [-0.39, 0.29) is 56.9 Å². The molecule has 0 aromatic carbocycles. The molecule has 0 amide bonds. The van der Waals surface area contributed by atoms with Crippen LogP contribution in [0.25, 0.3) is 0 Å². The van der Waals surface area contributed by atoms with E-state index in [2.05, 4.69) is 0 Å². The zero-order chi connectivity index (χ0) is 2.71. The molecule has 0 aliphatic carbocycles. The predicted octanol–water partition coefficient (Wildman–Crippen LogP) is -3.84. The van der Waals surface area contributed by atoms with E-state index in [1.165, 1.54) is 0 Å². The van der Waals surface area contributed by atoms with E-state index in [4.69, 9.17) is 8.42 Å². The molecule has 3 nitrogen and oxygen atoms in total. The Balaban J connectivity index is -0.0000000200. The molecule has 26 valence electrons. The van der Waals surface area contributed by atoms with Crippen LogP contribution < -0.4 is 51.4 Å². The fraction of sp³-hybridized carbons (Fsp3) is 0. The summed E-state index contributed by atoms with van der Waals surface area (Å²) in [5, 5.41) is 0. The van der Waals surface area contributed by atoms with E-state index in [1.807, 2.05) is 0 Å². The third-order valence-electron chi connectivity index (χ3n) is 0. The first kappa shape index (κ1) is 16.1. The largest absolute Gasteiger partial charge is 1.00 e. The Labute approximate surface area is 75.5 Å². The molecule has 0 aromatic rings. The summed E-state index contributed by atoms with van der Waals surface area (Å²) >= 11 is -0.750. The summed E-state index contributed by atoms with van der Waals surface area (Å²) in [6, 6.07) is 0. The maximum absolute atomic E-state index is 8.29. The van der Waals surface area contributed by atoms with Crippen LogP contribution in [0.3, 0.4) is 0 Å². The molecule has 1 N–H and O–H groups in total. The van der Waals surface area contributed by atoms with Crippen LogP contribution in [0.2, 0.25) is 0 Å². The quantitative estimate of drug-likeness (QED) is 0.307. The van der Waals surface area contributed by atoms with Crippen molar-refractivity contribution < 1.29 is 65.3 Å². The van der Waals surface area contributed by atoms with Crippen molar-refractivity contribution in [3.8, 4) is 0 Å². The van der Waals surface area contributed by atoms with Gasteiger partial charge in [-0.3, -0.25) is 0 Å². The van der Waals surface area contributed by atoms with Gasteiger partial charge in [-0.25, -0.2) is 0 Å². The molecule has 0 atom stereocenters. The van der Waals surface area contributed by atoms with Gasteiger partial charge in [0.05, 0.1) is 0 Å². The topological polar surface area (TPSA) is 64.1 Å². The van der Waals surface area contributed by atoms with Crippen molar-refractivity contribution in [3.63, 3.8) is 0 Å². The molecule has 0 aliphatic rings. The Hall–Kier alpha value is 1.42. The molecule has 0 aliphatic heterocycles. The van der Waals surface area contributed by atoms with E-state index >= 15 is 0 Å². The summed E-state index contributed by atoms with van der Waals surface area (Å²) in [4.78, 5) is 0. The van der Waals surface area contributed by atoms with Gasteiger partial charge in [-0.05, 0) is 0 Å². The summed E-state index contributed by atoms with van der Waals surface area (Å²) in [6.07, 6.45) is 0. The first-order chi connectivity index (χ1) is 1.41. The smallest absolute Gasteiger partial charge is 0.870 e. The Morgan fingerprint density at radius 3 is 1.20 bits per heavy atom. The van der Waals surface area contributed by atoms with Gasteiger partial charge in [0.25, 0.3) is 0 Å². The average molecular weight is 120 g/mol. The molecular formula is HKO3S. The Morgan fingerprint density at radius 1 is 1.20 bits per heavy atom. The normalized spacial score (nSPS) is 2.40. The zero-order valence-electron chi connectivity index (χ0n) is 2.67. The molecule has 0 aromatic heterocycles. The first-order valence-corrected chi connectivity index (χ1v) is 1.00. The second-order valence-electron chi connectivity index (χ2n) is 0.0680. The molecule has 0 bridgehead atoms. The molecule has 0 radical (unpaired) electrons. The van der Waals surface area contributed by atoms with Gasteiger partial charge >= 0.3 is 63.0 Å². The molecule has 0 fully saturated rings. The summed E-state index contributed by atoms with van der Waals surface area (Å²) in [6.45, 7) is 0. The summed E-state index contributed by atoms with van der Waals surface area (Å²) < 4.78 is 16.6. The van der Waals surface area contributed by atoms with E-state index in [1.54, 1.807) is 0 Å². The van der Waals surface area contributed by atoms with E-state index in [0.717, 1.165) is 0 Å². The van der Waals surface area contributed by atoms with Crippen molar-refractivity contribution in [3.05, 3.63) is 0 Å². The summed E-state index contributed by atoms with van der Waals surface area (Å²) in [5.74, 6) is 0. The summed E-state index contributed by atoms with van der Waals surface area (Å²) in [7, 11) is 0. The van der Waals surface area contributed by atoms with Gasteiger partial charge in [0, 0.05) is 0 Å². The van der Waals surface area contributed by atoms with Gasteiger partial charge in [0.2, 0.25) is 0 Å². The molecule has 0 unspecified atom stereocenters. The van der Waals surface area contributed by atoms with Crippen LogP contribution in [-0.2, 0) is 11.6 Å². The average Bonchev–Trinajstić information content (AvgIpc) is 0.918. The van der Waals surface area contributed by atoms with Gasteiger partial charge in [-0.2, -0.15) is 8.42 Å². The molecule has 0 spiro atoms. The predicted molar refractivity (Wildman–Crippen MR) is 10.9 cm³/mol. The maximum Gasteiger partial charge on any atom is 1.00 e. The van der Waals surface area contributed by atoms with Crippen LogP contribution in [0.15, 0.2) is 0 Å². The van der Waals surface area contributed by atoms with Gasteiger partial charge in [0.1, 0.15) is 0 Å². The maximum atomic E-state index is 8.29. The second-order valence-corrected chi connectivity index (χ2v) is 0.204. The Kier molecular flexibility index (Phi) is 58.4. The monoisotopic (exact) mass is 120 g/mol. The third kappa shape index (κ3) is 31.5. The minimum atomic E-state index is -0.750. The van der Waals surface area contributed by atoms with Gasteiger partial charge in [-0.15, -0.1) is 0 Å². The van der Waals surface area contributed by atoms with Gasteiger partial charge < -0.3 is 5.48 Å². The van der Waals surface area contributed by atoms with Crippen molar-refractivity contribution in [2.45, 2.75) is 0 Å². The van der Waals surface area contributed by atoms with E-state index < -0.39 is 11.6 Å². The van der Waals surface area contributed by atoms with Crippen molar-refractivity contribution in [1.82, 2.24) is 0 Å². The standard InChI is InChI=1S/K.O2S.H2O/c;1-3-2;/h;;1H2/q+1;;/p-1. The number of rotatable bonds is 0. The summed E-state index contributed by atoms with van der Waals surface area (Å²) in [5.41, 5.74) is 0. The number of hydrogen-bond donors (Lipinski definition) is 0. The molecule has 0 rings (SSSR count). The minimum Gasteiger partial charge on any atom is -0.870 e. The van der Waals surface area contributed by atoms with Crippen LogP contribution in [0.4, 0.5) is 0 Å². The fourth-order valence-electron chi connectivity index (χ4n) is 0. The molecule has 0 saturated heterocycles. The van der Waals surface area contributed by atoms with Crippen LogP contribution in [0, 0.1) is 0 Å². The SMILES string of the molecule is O=S=O.[K+].[OH-]. The molecule has 5 heavy (non-hydrogen) atoms. The molecular weight excluding hydrogens is 119 g/mol. The van der Waals surface area contributed by atoms with Crippen molar-refractivity contribution in [1.29, 1.82) is 0 Å². The fourth-order valence-corrected chi connectivity index (χ4v) is 0. The molecule has 0 saturated carbocycles. The van der Waals surface area contributed by atoms with Gasteiger partial charge in [-0.1, -0.05) is 0 Å². The molecule has 0 heterocycles. The van der Waals surface area contributed by atoms with Gasteiger partial charge in [0.15, 0.2) is 0 Å². The van der Waals surface area contributed by atoms with Crippen LogP contribution >= 0.6 is 0 Å². The zero-order valence-corrected chi connectivity index (χ0v) is 6.61. The second kappa shape index (κ2) is 18.1. The van der Waals surface area contributed by atoms with Crippen LogP contribution in [0.5, 0.6) is 0 Å². The Bertz CT molecular complexity index is 27.9. The number of hydrogen-bond acceptors (Lipinski definition) is 3. The van der Waals surface area contributed by atoms with Crippen molar-refractivity contribution in [2.75, 3.05) is 0 Å². The third-order valence-corrected chi connectivity index (χ3v) is 0. The van der Waals surface area contributed by atoms with Crippen LogP contribution in [0.1, 0.15) is 0 Å². The minimum absolute atomic E-state index is 0. The van der Waals surface area contributed by atoms with Crippen molar-refractivity contribution >= 4 is 11.6 Å². The molecule has 5 heteroatoms. The van der Waals surface area contributed by atoms with Crippen LogP contribution in [-0.4, -0.2) is 13.9 Å². The first-order valence-electron chi connectivity index (χ1n) is 0.333. The van der Waals surface area contributed by atoms with Crippen molar-refractivity contribution in [2.24, 2.45) is 0 Å². The van der Waals surface area contributed by atoms with E-state index in [0.29, 0.717) is 0 Å². The van der Waals surface area contributed by atoms with E-state index in [9.17, 15) is 0 Å². The Morgan fingerprint density at radius 2 is 1.20 bits per heavy atom.